The molecule has 176 valence electrons. The van der Waals surface area contributed by atoms with Crippen molar-refractivity contribution in [3.63, 3.8) is 0 Å². The van der Waals surface area contributed by atoms with Crippen LogP contribution in [0.4, 0.5) is 0 Å². The van der Waals surface area contributed by atoms with Crippen LogP contribution in [0.3, 0.4) is 0 Å². The van der Waals surface area contributed by atoms with Crippen LogP contribution in [0.2, 0.25) is 0 Å². The highest BCUT2D eigenvalue weighted by Crippen LogP contribution is 2.44. The molecule has 0 spiro atoms. The van der Waals surface area contributed by atoms with E-state index in [0.717, 1.165) is 64.2 Å². The molecule has 4 heteroatoms. The summed E-state index contributed by atoms with van der Waals surface area (Å²) in [5, 5.41) is 0. The Morgan fingerprint density at radius 1 is 0.903 bits per heavy atom. The first-order chi connectivity index (χ1) is 14.6. The first-order valence-electron chi connectivity index (χ1n) is 12.4. The Bertz CT molecular complexity index is 658. The highest BCUT2D eigenvalue weighted by molar-refractivity contribution is 5.87. The van der Waals surface area contributed by atoms with E-state index in [1.54, 1.807) is 13.8 Å². The Balaban J connectivity index is 2.19. The van der Waals surface area contributed by atoms with E-state index in [1.165, 1.54) is 19.3 Å². The normalized spacial score (nSPS) is 27.3. The van der Waals surface area contributed by atoms with Gasteiger partial charge in [-0.2, -0.15) is 0 Å². The van der Waals surface area contributed by atoms with E-state index in [1.807, 2.05) is 0 Å². The van der Waals surface area contributed by atoms with Crippen LogP contribution in [0.25, 0.3) is 0 Å². The van der Waals surface area contributed by atoms with Gasteiger partial charge in [0.05, 0.1) is 0 Å². The third-order valence-electron chi connectivity index (χ3n) is 7.64. The molecule has 0 saturated heterocycles. The zero-order valence-electron chi connectivity index (χ0n) is 20.4. The van der Waals surface area contributed by atoms with Crippen LogP contribution in [0.5, 0.6) is 0 Å². The van der Waals surface area contributed by atoms with E-state index in [0.29, 0.717) is 17.1 Å². The molecule has 0 aromatic carbocycles. The molecule has 31 heavy (non-hydrogen) atoms. The van der Waals surface area contributed by atoms with Gasteiger partial charge in [0.25, 0.3) is 0 Å². The van der Waals surface area contributed by atoms with E-state index in [4.69, 9.17) is 9.47 Å². The summed E-state index contributed by atoms with van der Waals surface area (Å²) in [5.41, 5.74) is 0.141. The Morgan fingerprint density at radius 3 is 2.03 bits per heavy atom. The molecular weight excluding hydrogens is 388 g/mol. The van der Waals surface area contributed by atoms with Crippen LogP contribution < -0.4 is 0 Å². The predicted octanol–water partition coefficient (Wildman–Crippen LogP) is 7.07. The van der Waals surface area contributed by atoms with Crippen molar-refractivity contribution in [2.45, 2.75) is 122 Å². The molecule has 0 aliphatic heterocycles. The second-order valence-corrected chi connectivity index (χ2v) is 10.3. The molecule has 2 saturated carbocycles. The summed E-state index contributed by atoms with van der Waals surface area (Å²) in [7, 11) is 0. The van der Waals surface area contributed by atoms with E-state index >= 15 is 0 Å². The average molecular weight is 433 g/mol. The number of ether oxygens (including phenoxy) is 2. The van der Waals surface area contributed by atoms with Crippen LogP contribution in [0.1, 0.15) is 111 Å². The number of carbonyl (C=O) groups excluding carboxylic acids is 2. The molecular formula is C27H44O4. The Hall–Kier alpha value is -1.58. The Labute approximate surface area is 189 Å². The van der Waals surface area contributed by atoms with Crippen LogP contribution in [-0.4, -0.2) is 23.1 Å². The highest BCUT2D eigenvalue weighted by Gasteiger charge is 2.43. The SMILES string of the molecule is C=C(C)C(=O)OC1(CC)CCCCCC(CC(C)C2(OC(=O)C(=C)C)CCCCC2)C1. The van der Waals surface area contributed by atoms with Crippen molar-refractivity contribution in [2.24, 2.45) is 11.8 Å². The number of hydrogen-bond acceptors (Lipinski definition) is 4. The van der Waals surface area contributed by atoms with Crippen LogP contribution in [0.15, 0.2) is 24.3 Å². The third kappa shape index (κ3) is 6.95. The lowest BCUT2D eigenvalue weighted by molar-refractivity contribution is -0.168. The summed E-state index contributed by atoms with van der Waals surface area (Å²) in [6.45, 7) is 15.4. The molecule has 0 aromatic rings. The maximum atomic E-state index is 12.5. The monoisotopic (exact) mass is 432 g/mol. The quantitative estimate of drug-likeness (QED) is 0.304. The van der Waals surface area contributed by atoms with Gasteiger partial charge in [-0.1, -0.05) is 52.7 Å². The molecule has 2 aliphatic carbocycles. The number of hydrogen-bond donors (Lipinski definition) is 0. The fraction of sp³-hybridized carbons (Fsp3) is 0.778. The van der Waals surface area contributed by atoms with Crippen LogP contribution in [0, 0.1) is 11.8 Å². The van der Waals surface area contributed by atoms with Crippen molar-refractivity contribution in [3.8, 4) is 0 Å². The maximum absolute atomic E-state index is 12.5. The van der Waals surface area contributed by atoms with Crippen molar-refractivity contribution >= 4 is 11.9 Å². The minimum absolute atomic E-state index is 0.260. The van der Waals surface area contributed by atoms with E-state index in [2.05, 4.69) is 27.0 Å². The lowest BCUT2D eigenvalue weighted by atomic mass is 9.69. The summed E-state index contributed by atoms with van der Waals surface area (Å²) < 4.78 is 12.2. The van der Waals surface area contributed by atoms with Crippen LogP contribution in [-0.2, 0) is 19.1 Å². The minimum atomic E-state index is -0.408. The maximum Gasteiger partial charge on any atom is 0.333 e. The summed E-state index contributed by atoms with van der Waals surface area (Å²) >= 11 is 0. The van der Waals surface area contributed by atoms with Crippen molar-refractivity contribution in [1.82, 2.24) is 0 Å². The lowest BCUT2D eigenvalue weighted by Gasteiger charge is -2.44. The van der Waals surface area contributed by atoms with Crippen molar-refractivity contribution in [2.75, 3.05) is 0 Å². The third-order valence-corrected chi connectivity index (χ3v) is 7.64. The van der Waals surface area contributed by atoms with Crippen molar-refractivity contribution in [1.29, 1.82) is 0 Å². The number of rotatable bonds is 8. The van der Waals surface area contributed by atoms with Crippen molar-refractivity contribution < 1.29 is 19.1 Å². The number of carbonyl (C=O) groups is 2. The van der Waals surface area contributed by atoms with E-state index < -0.39 is 5.60 Å². The molecule has 2 aliphatic rings. The van der Waals surface area contributed by atoms with Gasteiger partial charge in [-0.25, -0.2) is 9.59 Å². The molecule has 2 fully saturated rings. The second-order valence-electron chi connectivity index (χ2n) is 10.3. The standard InChI is InChI=1S/C27H44O4/c1-7-26(30-24(28)20(2)3)15-11-8-10-14-23(19-26)18-22(6)27(16-12-9-13-17-27)31-25(29)21(4)5/h22-23H,2,4,7-19H2,1,3,5-6H3. The molecule has 0 N–H and O–H groups in total. The first-order valence-corrected chi connectivity index (χ1v) is 12.4. The Kier molecular flexibility index (Phi) is 9.39. The van der Waals surface area contributed by atoms with Gasteiger partial charge in [-0.3, -0.25) is 0 Å². The summed E-state index contributed by atoms with van der Waals surface area (Å²) in [6, 6.07) is 0. The van der Waals surface area contributed by atoms with Gasteiger partial charge in [0.2, 0.25) is 0 Å². The zero-order valence-corrected chi connectivity index (χ0v) is 20.4. The minimum Gasteiger partial charge on any atom is -0.456 e. The van der Waals surface area contributed by atoms with E-state index in [-0.39, 0.29) is 23.5 Å². The van der Waals surface area contributed by atoms with Gasteiger partial charge in [0.1, 0.15) is 11.2 Å². The molecule has 3 atom stereocenters. The summed E-state index contributed by atoms with van der Waals surface area (Å²) in [4.78, 5) is 24.9. The average Bonchev–Trinajstić information content (AvgIpc) is 2.71. The van der Waals surface area contributed by atoms with Crippen molar-refractivity contribution in [3.05, 3.63) is 24.3 Å². The van der Waals surface area contributed by atoms with Gasteiger partial charge in [-0.05, 0) is 83.5 Å². The molecule has 0 amide bonds. The number of esters is 2. The largest absolute Gasteiger partial charge is 0.456 e. The second kappa shape index (κ2) is 11.3. The molecule has 0 heterocycles. The topological polar surface area (TPSA) is 52.6 Å². The molecule has 0 radical (unpaired) electrons. The smallest absolute Gasteiger partial charge is 0.333 e. The lowest BCUT2D eigenvalue weighted by Crippen LogP contribution is -2.45. The summed E-state index contributed by atoms with van der Waals surface area (Å²) in [6.07, 6.45) is 13.5. The molecule has 0 bridgehead atoms. The molecule has 4 nitrogen and oxygen atoms in total. The van der Waals surface area contributed by atoms with E-state index in [9.17, 15) is 9.59 Å². The first kappa shape index (κ1) is 25.7. The van der Waals surface area contributed by atoms with Gasteiger partial charge in [0.15, 0.2) is 0 Å². The Morgan fingerprint density at radius 2 is 1.45 bits per heavy atom. The fourth-order valence-corrected chi connectivity index (χ4v) is 5.59. The molecule has 3 unspecified atom stereocenters. The van der Waals surface area contributed by atoms with Gasteiger partial charge in [0, 0.05) is 11.1 Å². The van der Waals surface area contributed by atoms with Gasteiger partial charge < -0.3 is 9.47 Å². The fourth-order valence-electron chi connectivity index (χ4n) is 5.59. The van der Waals surface area contributed by atoms with Crippen LogP contribution >= 0.6 is 0 Å². The predicted molar refractivity (Wildman–Crippen MR) is 126 cm³/mol. The molecule has 0 aromatic heterocycles. The summed E-state index contributed by atoms with van der Waals surface area (Å²) in [5.74, 6) is 0.195. The molecule has 2 rings (SSSR count). The zero-order chi connectivity index (χ0) is 23.1. The highest BCUT2D eigenvalue weighted by atomic mass is 16.6. The van der Waals surface area contributed by atoms with Gasteiger partial charge in [-0.15, -0.1) is 0 Å². The van der Waals surface area contributed by atoms with Gasteiger partial charge >= 0.3 is 11.9 Å².